The zero-order chi connectivity index (χ0) is 15.5. The van der Waals surface area contributed by atoms with Gasteiger partial charge in [0, 0.05) is 0 Å². The number of anilines is 1. The molecule has 0 atom stereocenters. The molecule has 0 amide bonds. The Morgan fingerprint density at radius 1 is 1.10 bits per heavy atom. The zero-order valence-corrected chi connectivity index (χ0v) is 11.9. The molecule has 0 heterocycles. The monoisotopic (exact) mass is 307 g/mol. The highest BCUT2D eigenvalue weighted by Crippen LogP contribution is 2.39. The Morgan fingerprint density at radius 2 is 1.76 bits per heavy atom. The number of hydrogen-bond donors (Lipinski definition) is 2. The van der Waals surface area contributed by atoms with E-state index in [9.17, 15) is 13.0 Å². The maximum absolute atomic E-state index is 11.4. The van der Waals surface area contributed by atoms with Gasteiger partial charge in [0.1, 0.15) is 4.90 Å². The lowest BCUT2D eigenvalue weighted by atomic mass is 10.2. The summed E-state index contributed by atoms with van der Waals surface area (Å²) in [4.78, 5) is -0.423. The average Bonchev–Trinajstić information content (AvgIpc) is 2.45. The highest BCUT2D eigenvalue weighted by Gasteiger charge is 2.21. The van der Waals surface area contributed by atoms with E-state index < -0.39 is 15.0 Å². The third-order valence-electron chi connectivity index (χ3n) is 2.63. The van der Waals surface area contributed by atoms with Gasteiger partial charge in [-0.15, -0.1) is 5.11 Å². The summed E-state index contributed by atoms with van der Waals surface area (Å²) in [6.07, 6.45) is 0. The Labute approximate surface area is 121 Å². The molecule has 0 saturated heterocycles. The van der Waals surface area contributed by atoms with Gasteiger partial charge >= 0.3 is 0 Å². The summed E-state index contributed by atoms with van der Waals surface area (Å²) in [6.45, 7) is 0. The van der Waals surface area contributed by atoms with Crippen molar-refractivity contribution in [3.63, 3.8) is 0 Å². The Hall–Kier alpha value is -2.45. The molecule has 2 aromatic rings. The normalized spacial score (nSPS) is 11.7. The number of methoxy groups -OCH3 is 1. The summed E-state index contributed by atoms with van der Waals surface area (Å²) in [5.41, 5.74) is 6.26. The van der Waals surface area contributed by atoms with E-state index in [0.717, 1.165) is 6.07 Å². The third-order valence-corrected chi connectivity index (χ3v) is 3.51. The minimum Gasteiger partial charge on any atom is -0.492 e. The van der Waals surface area contributed by atoms with Gasteiger partial charge in [0.05, 0.1) is 18.5 Å². The van der Waals surface area contributed by atoms with E-state index in [0.29, 0.717) is 5.69 Å². The largest absolute Gasteiger partial charge is 0.492 e. The van der Waals surface area contributed by atoms with Crippen molar-refractivity contribution in [2.24, 2.45) is 10.2 Å². The Bertz CT molecular complexity index is 774. The molecule has 21 heavy (non-hydrogen) atoms. The highest BCUT2D eigenvalue weighted by molar-refractivity contribution is 7.86. The molecule has 2 rings (SSSR count). The summed E-state index contributed by atoms with van der Waals surface area (Å²) in [5, 5.41) is 7.77. The van der Waals surface area contributed by atoms with Crippen LogP contribution in [0.1, 0.15) is 0 Å². The summed E-state index contributed by atoms with van der Waals surface area (Å²) in [6, 6.07) is 11.2. The molecule has 0 unspecified atom stereocenters. The lowest BCUT2D eigenvalue weighted by molar-refractivity contribution is 0.416. The summed E-state index contributed by atoms with van der Waals surface area (Å²) in [7, 11) is -3.16. The number of azo groups is 1. The van der Waals surface area contributed by atoms with Gasteiger partial charge in [-0.3, -0.25) is 4.55 Å². The fourth-order valence-electron chi connectivity index (χ4n) is 1.69. The molecule has 8 heteroatoms. The quantitative estimate of drug-likeness (QED) is 0.512. The van der Waals surface area contributed by atoms with Crippen molar-refractivity contribution in [3.8, 4) is 5.75 Å². The molecule has 0 spiro atoms. The van der Waals surface area contributed by atoms with Crippen LogP contribution in [0.25, 0.3) is 0 Å². The van der Waals surface area contributed by atoms with Gasteiger partial charge in [0.25, 0.3) is 10.1 Å². The smallest absolute Gasteiger partial charge is 0.296 e. The van der Waals surface area contributed by atoms with Crippen LogP contribution in [0, 0.1) is 0 Å². The number of hydrogen-bond acceptors (Lipinski definition) is 6. The van der Waals surface area contributed by atoms with Crippen LogP contribution < -0.4 is 10.5 Å². The van der Waals surface area contributed by atoms with Crippen molar-refractivity contribution in [3.05, 3.63) is 42.5 Å². The predicted octanol–water partition coefficient (Wildman–Crippen LogP) is 2.94. The van der Waals surface area contributed by atoms with E-state index in [1.807, 2.05) is 6.07 Å². The van der Waals surface area contributed by atoms with E-state index in [4.69, 9.17) is 10.5 Å². The summed E-state index contributed by atoms with van der Waals surface area (Å²) >= 11 is 0. The fraction of sp³-hybridized carbons (Fsp3) is 0.0769. The van der Waals surface area contributed by atoms with Crippen molar-refractivity contribution in [2.45, 2.75) is 4.90 Å². The minimum atomic E-state index is -4.48. The van der Waals surface area contributed by atoms with Gasteiger partial charge in [-0.1, -0.05) is 18.2 Å². The topological polar surface area (TPSA) is 114 Å². The van der Waals surface area contributed by atoms with Crippen LogP contribution in [0.3, 0.4) is 0 Å². The molecule has 3 N–H and O–H groups in total. The molecule has 0 radical (unpaired) electrons. The number of ether oxygens (including phenoxy) is 1. The Morgan fingerprint density at radius 3 is 2.33 bits per heavy atom. The van der Waals surface area contributed by atoms with Crippen molar-refractivity contribution >= 4 is 27.2 Å². The first-order chi connectivity index (χ1) is 9.93. The molecular formula is C13H13N3O4S. The van der Waals surface area contributed by atoms with Crippen molar-refractivity contribution in [1.82, 2.24) is 0 Å². The van der Waals surface area contributed by atoms with E-state index in [1.54, 1.807) is 24.3 Å². The molecule has 2 aromatic carbocycles. The van der Waals surface area contributed by atoms with Crippen LogP contribution in [0.15, 0.2) is 57.6 Å². The highest BCUT2D eigenvalue weighted by atomic mass is 32.2. The van der Waals surface area contributed by atoms with Crippen LogP contribution in [0.5, 0.6) is 5.75 Å². The predicted molar refractivity (Wildman–Crippen MR) is 77.8 cm³/mol. The van der Waals surface area contributed by atoms with Gasteiger partial charge in [-0.05, 0) is 24.3 Å². The fourth-order valence-corrected chi connectivity index (χ4v) is 2.31. The number of benzene rings is 2. The van der Waals surface area contributed by atoms with E-state index in [1.165, 1.54) is 13.2 Å². The van der Waals surface area contributed by atoms with Crippen molar-refractivity contribution in [2.75, 3.05) is 12.8 Å². The van der Waals surface area contributed by atoms with Gasteiger partial charge in [0.2, 0.25) is 0 Å². The second-order valence-electron chi connectivity index (χ2n) is 4.05. The first-order valence-corrected chi connectivity index (χ1v) is 7.28. The zero-order valence-electron chi connectivity index (χ0n) is 11.1. The second-order valence-corrected chi connectivity index (χ2v) is 5.44. The van der Waals surface area contributed by atoms with Gasteiger partial charge in [-0.25, -0.2) is 0 Å². The summed E-state index contributed by atoms with van der Waals surface area (Å²) in [5.74, 6) is 0.0322. The van der Waals surface area contributed by atoms with Gasteiger partial charge in [-0.2, -0.15) is 13.5 Å². The molecule has 7 nitrogen and oxygen atoms in total. The van der Waals surface area contributed by atoms with Crippen molar-refractivity contribution in [1.29, 1.82) is 0 Å². The van der Waals surface area contributed by atoms with Crippen LogP contribution >= 0.6 is 0 Å². The van der Waals surface area contributed by atoms with Crippen LogP contribution in [0.2, 0.25) is 0 Å². The molecule has 0 saturated carbocycles. The maximum atomic E-state index is 11.4. The molecule has 0 aliphatic rings. The van der Waals surface area contributed by atoms with E-state index in [-0.39, 0.29) is 17.1 Å². The summed E-state index contributed by atoms with van der Waals surface area (Å²) < 4.78 is 37.1. The SMILES string of the molecule is COc1c(N)ccc(S(=O)(=O)O)c1N=Nc1ccccc1. The molecule has 0 fully saturated rings. The Kier molecular flexibility index (Phi) is 4.20. The van der Waals surface area contributed by atoms with Gasteiger partial charge < -0.3 is 10.5 Å². The average molecular weight is 307 g/mol. The molecule has 0 bridgehead atoms. The van der Waals surface area contributed by atoms with E-state index in [2.05, 4.69) is 10.2 Å². The number of nitrogens with zero attached hydrogens (tertiary/aromatic N) is 2. The molecule has 110 valence electrons. The third kappa shape index (κ3) is 3.36. The molecule has 0 aliphatic carbocycles. The first-order valence-electron chi connectivity index (χ1n) is 5.84. The standard InChI is InChI=1S/C13H13N3O4S/c1-20-13-10(14)7-8-11(21(17,18)19)12(13)16-15-9-5-3-2-4-6-9/h2-8H,14H2,1H3,(H,17,18,19). The molecular weight excluding hydrogens is 294 g/mol. The second kappa shape index (κ2) is 5.90. The number of rotatable bonds is 4. The number of nitrogens with two attached hydrogens (primary N) is 1. The van der Waals surface area contributed by atoms with Gasteiger partial charge in [0.15, 0.2) is 11.4 Å². The molecule has 0 aliphatic heterocycles. The van der Waals surface area contributed by atoms with Crippen LogP contribution in [0.4, 0.5) is 17.1 Å². The Balaban J connectivity index is 2.60. The van der Waals surface area contributed by atoms with Crippen LogP contribution in [-0.2, 0) is 10.1 Å². The van der Waals surface area contributed by atoms with E-state index >= 15 is 0 Å². The number of nitrogen functional groups attached to an aromatic ring is 1. The molecule has 0 aromatic heterocycles. The minimum absolute atomic E-state index is 0.0322. The van der Waals surface area contributed by atoms with Crippen molar-refractivity contribution < 1.29 is 17.7 Å². The lowest BCUT2D eigenvalue weighted by Crippen LogP contribution is -2.01. The maximum Gasteiger partial charge on any atom is 0.296 e. The first kappa shape index (κ1) is 14.9. The lowest BCUT2D eigenvalue weighted by Gasteiger charge is -2.10. The van der Waals surface area contributed by atoms with Crippen LogP contribution in [-0.4, -0.2) is 20.1 Å².